The van der Waals surface area contributed by atoms with Crippen LogP contribution in [0.5, 0.6) is 0 Å². The molecule has 2 aromatic rings. The van der Waals surface area contributed by atoms with Crippen LogP contribution in [0.15, 0.2) is 42.5 Å². The van der Waals surface area contributed by atoms with Gasteiger partial charge in [-0.15, -0.1) is 0 Å². The molecule has 4 rings (SSSR count). The van der Waals surface area contributed by atoms with E-state index in [2.05, 4.69) is 39.8 Å². The molecule has 2 N–H and O–H groups in total. The van der Waals surface area contributed by atoms with Crippen LogP contribution in [0.2, 0.25) is 0 Å². The lowest BCUT2D eigenvalue weighted by Crippen LogP contribution is -2.33. The molecule has 0 atom stereocenters. The number of nitrogens with one attached hydrogen (secondary N) is 2. The van der Waals surface area contributed by atoms with Crippen molar-refractivity contribution in [1.82, 2.24) is 5.32 Å². The molecule has 2 aliphatic rings. The molecule has 2 amide bonds. The Hall–Kier alpha value is -2.82. The molecule has 1 heterocycles. The van der Waals surface area contributed by atoms with Crippen molar-refractivity contribution in [1.29, 1.82) is 0 Å². The Morgan fingerprint density at radius 3 is 2.63 bits per heavy atom. The lowest BCUT2D eigenvalue weighted by molar-refractivity contribution is -0.115. The molecule has 5 nitrogen and oxygen atoms in total. The van der Waals surface area contributed by atoms with E-state index in [4.69, 9.17) is 0 Å². The number of carbonyl (C=O) groups excluding carboxylic acids is 2. The second kappa shape index (κ2) is 7.43. The van der Waals surface area contributed by atoms with E-state index in [1.54, 1.807) is 6.07 Å². The summed E-state index contributed by atoms with van der Waals surface area (Å²) in [6.07, 6.45) is 3.47. The van der Waals surface area contributed by atoms with E-state index in [1.807, 2.05) is 19.1 Å². The number of amides is 2. The van der Waals surface area contributed by atoms with Crippen LogP contribution in [0, 0.1) is 0 Å². The lowest BCUT2D eigenvalue weighted by Gasteiger charge is -2.32. The topological polar surface area (TPSA) is 61.4 Å². The van der Waals surface area contributed by atoms with Crippen LogP contribution < -0.4 is 15.5 Å². The first kappa shape index (κ1) is 17.6. The Morgan fingerprint density at radius 2 is 1.89 bits per heavy atom. The highest BCUT2D eigenvalue weighted by molar-refractivity contribution is 6.02. The van der Waals surface area contributed by atoms with E-state index in [9.17, 15) is 9.59 Å². The van der Waals surface area contributed by atoms with Gasteiger partial charge in [0.2, 0.25) is 5.91 Å². The highest BCUT2D eigenvalue weighted by atomic mass is 16.2. The minimum atomic E-state index is -0.0565. The fourth-order valence-electron chi connectivity index (χ4n) is 3.51. The van der Waals surface area contributed by atoms with Crippen molar-refractivity contribution < 1.29 is 9.59 Å². The third-order valence-corrected chi connectivity index (χ3v) is 5.23. The van der Waals surface area contributed by atoms with E-state index in [0.29, 0.717) is 23.7 Å². The van der Waals surface area contributed by atoms with Crippen molar-refractivity contribution >= 4 is 23.2 Å². The van der Waals surface area contributed by atoms with Crippen LogP contribution in [-0.2, 0) is 17.8 Å². The number of benzene rings is 2. The molecule has 0 radical (unpaired) electrons. The fraction of sp³-hybridized carbons (Fsp3) is 0.364. The van der Waals surface area contributed by atoms with Gasteiger partial charge in [0.05, 0.1) is 5.56 Å². The predicted octanol–water partition coefficient (Wildman–Crippen LogP) is 3.49. The van der Waals surface area contributed by atoms with E-state index in [0.717, 1.165) is 38.0 Å². The molecule has 140 valence electrons. The van der Waals surface area contributed by atoms with Crippen molar-refractivity contribution in [3.63, 3.8) is 0 Å². The van der Waals surface area contributed by atoms with Crippen LogP contribution in [0.1, 0.15) is 47.7 Å². The molecule has 1 aliphatic heterocycles. The van der Waals surface area contributed by atoms with Gasteiger partial charge in [-0.2, -0.15) is 0 Å². The van der Waals surface area contributed by atoms with Crippen LogP contribution in [-0.4, -0.2) is 24.4 Å². The zero-order chi connectivity index (χ0) is 18.8. The Kier molecular flexibility index (Phi) is 4.84. The first-order valence-electron chi connectivity index (χ1n) is 9.70. The minimum absolute atomic E-state index is 0.0526. The fourth-order valence-corrected chi connectivity index (χ4v) is 3.51. The van der Waals surface area contributed by atoms with Crippen LogP contribution in [0.3, 0.4) is 0 Å². The number of nitrogens with zero attached hydrogens (tertiary/aromatic N) is 1. The number of rotatable bonds is 5. The molecule has 5 heteroatoms. The molecular weight excluding hydrogens is 338 g/mol. The van der Waals surface area contributed by atoms with Gasteiger partial charge >= 0.3 is 0 Å². The highest BCUT2D eigenvalue weighted by Crippen LogP contribution is 2.30. The molecule has 2 aromatic carbocycles. The second-order valence-corrected chi connectivity index (χ2v) is 7.32. The molecule has 1 saturated carbocycles. The average Bonchev–Trinajstić information content (AvgIpc) is 3.51. The highest BCUT2D eigenvalue weighted by Gasteiger charge is 2.27. The van der Waals surface area contributed by atoms with Crippen LogP contribution in [0.25, 0.3) is 0 Å². The summed E-state index contributed by atoms with van der Waals surface area (Å²) in [6, 6.07) is 14.4. The third-order valence-electron chi connectivity index (χ3n) is 5.23. The van der Waals surface area contributed by atoms with Crippen molar-refractivity contribution in [2.75, 3.05) is 16.8 Å². The van der Waals surface area contributed by atoms with E-state index < -0.39 is 0 Å². The smallest absolute Gasteiger partial charge is 0.253 e. The standard InChI is InChI=1S/C22H25N3O2/c1-2-21(26)23-18-9-10-20(19(13-18)22(27)24-17-7-8-17)25-12-11-15-5-3-4-6-16(15)14-25/h3-6,9-10,13,17H,2,7-8,11-12,14H2,1H3,(H,23,26)(H,24,27). The quantitative estimate of drug-likeness (QED) is 0.855. The number of hydrogen-bond donors (Lipinski definition) is 2. The SMILES string of the molecule is CCC(=O)Nc1ccc(N2CCc3ccccc3C2)c(C(=O)NC2CC2)c1. The van der Waals surface area contributed by atoms with Crippen molar-refractivity contribution in [3.8, 4) is 0 Å². The maximum atomic E-state index is 12.9. The third kappa shape index (κ3) is 3.97. The Labute approximate surface area is 159 Å². The zero-order valence-electron chi connectivity index (χ0n) is 15.6. The zero-order valence-corrected chi connectivity index (χ0v) is 15.6. The van der Waals surface area contributed by atoms with Gasteiger partial charge in [-0.05, 0) is 48.6 Å². The molecule has 1 aliphatic carbocycles. The van der Waals surface area contributed by atoms with Gasteiger partial charge in [0.25, 0.3) is 5.91 Å². The summed E-state index contributed by atoms with van der Waals surface area (Å²) in [7, 11) is 0. The molecule has 0 aromatic heterocycles. The van der Waals surface area contributed by atoms with Gasteiger partial charge in [-0.3, -0.25) is 9.59 Å². The molecule has 27 heavy (non-hydrogen) atoms. The second-order valence-electron chi connectivity index (χ2n) is 7.32. The summed E-state index contributed by atoms with van der Waals surface area (Å²) in [4.78, 5) is 26.9. The van der Waals surface area contributed by atoms with Crippen molar-refractivity contribution in [2.45, 2.75) is 45.2 Å². The van der Waals surface area contributed by atoms with Crippen molar-refractivity contribution in [3.05, 3.63) is 59.2 Å². The molecule has 0 saturated heterocycles. The van der Waals surface area contributed by atoms with Gasteiger partial charge in [0.15, 0.2) is 0 Å². The van der Waals surface area contributed by atoms with Crippen LogP contribution >= 0.6 is 0 Å². The summed E-state index contributed by atoms with van der Waals surface area (Å²) in [5.74, 6) is -0.109. The van der Waals surface area contributed by atoms with Gasteiger partial charge in [0, 0.05) is 36.9 Å². The summed E-state index contributed by atoms with van der Waals surface area (Å²) >= 11 is 0. The Morgan fingerprint density at radius 1 is 1.11 bits per heavy atom. The summed E-state index contributed by atoms with van der Waals surface area (Å²) in [5.41, 5.74) is 4.92. The minimum Gasteiger partial charge on any atom is -0.366 e. The largest absolute Gasteiger partial charge is 0.366 e. The van der Waals surface area contributed by atoms with Gasteiger partial charge in [0.1, 0.15) is 0 Å². The van der Waals surface area contributed by atoms with Gasteiger partial charge in [-0.1, -0.05) is 31.2 Å². The number of carbonyl (C=O) groups is 2. The number of fused-ring (bicyclic) bond motifs is 1. The lowest BCUT2D eigenvalue weighted by atomic mass is 9.98. The van der Waals surface area contributed by atoms with E-state index in [-0.39, 0.29) is 11.8 Å². The molecule has 0 spiro atoms. The predicted molar refractivity (Wildman–Crippen MR) is 107 cm³/mol. The van der Waals surface area contributed by atoms with Gasteiger partial charge < -0.3 is 15.5 Å². The normalized spacial score (nSPS) is 15.8. The summed E-state index contributed by atoms with van der Waals surface area (Å²) in [5, 5.41) is 5.95. The maximum Gasteiger partial charge on any atom is 0.253 e. The average molecular weight is 363 g/mol. The Bertz CT molecular complexity index is 874. The van der Waals surface area contributed by atoms with E-state index in [1.165, 1.54) is 11.1 Å². The first-order chi connectivity index (χ1) is 13.1. The molecule has 1 fully saturated rings. The summed E-state index contributed by atoms with van der Waals surface area (Å²) < 4.78 is 0. The summed E-state index contributed by atoms with van der Waals surface area (Å²) in [6.45, 7) is 3.48. The number of anilines is 2. The molecular formula is C22H25N3O2. The maximum absolute atomic E-state index is 12.9. The molecule has 0 bridgehead atoms. The van der Waals surface area contributed by atoms with Crippen LogP contribution in [0.4, 0.5) is 11.4 Å². The van der Waals surface area contributed by atoms with E-state index >= 15 is 0 Å². The Balaban J connectivity index is 1.64. The first-order valence-corrected chi connectivity index (χ1v) is 9.70. The number of hydrogen-bond acceptors (Lipinski definition) is 3. The van der Waals surface area contributed by atoms with Crippen molar-refractivity contribution in [2.24, 2.45) is 0 Å². The monoisotopic (exact) mass is 363 g/mol. The molecule has 0 unspecified atom stereocenters. The van der Waals surface area contributed by atoms with Gasteiger partial charge in [-0.25, -0.2) is 0 Å².